The van der Waals surface area contributed by atoms with Gasteiger partial charge < -0.3 is 19.2 Å². The molecule has 0 unspecified atom stereocenters. The topological polar surface area (TPSA) is 43.6 Å². The molecule has 1 N–H and O–H groups in total. The minimum atomic E-state index is 0.476. The van der Waals surface area contributed by atoms with E-state index in [9.17, 15) is 0 Å². The fourth-order valence-electron chi connectivity index (χ4n) is 1.75. The zero-order valence-electron chi connectivity index (χ0n) is 11.8. The lowest BCUT2D eigenvalue weighted by Crippen LogP contribution is -2.10. The van der Waals surface area contributed by atoms with Crippen molar-refractivity contribution in [1.29, 1.82) is 0 Å². The van der Waals surface area contributed by atoms with Crippen LogP contribution in [-0.4, -0.2) is 19.8 Å². The molecular formula is C16H21NO3. The Morgan fingerprint density at radius 2 is 1.80 bits per heavy atom. The predicted molar refractivity (Wildman–Crippen MR) is 77.7 cm³/mol. The van der Waals surface area contributed by atoms with Gasteiger partial charge in [0, 0.05) is 0 Å². The first-order valence-electron chi connectivity index (χ1n) is 6.92. The highest BCUT2D eigenvalue weighted by Gasteiger charge is 2.01. The van der Waals surface area contributed by atoms with Gasteiger partial charge in [-0.3, -0.25) is 0 Å². The first kappa shape index (κ1) is 14.6. The van der Waals surface area contributed by atoms with Crippen LogP contribution in [0.4, 0.5) is 0 Å². The molecule has 0 aliphatic heterocycles. The molecule has 108 valence electrons. The number of hydrogen-bond acceptors (Lipinski definition) is 4. The molecule has 0 aliphatic carbocycles. The fourth-order valence-corrected chi connectivity index (χ4v) is 1.75. The Labute approximate surface area is 119 Å². The van der Waals surface area contributed by atoms with E-state index < -0.39 is 0 Å². The van der Waals surface area contributed by atoms with Gasteiger partial charge in [-0.15, -0.1) is 0 Å². The Bertz CT molecular complexity index is 481. The molecular weight excluding hydrogens is 254 g/mol. The highest BCUT2D eigenvalue weighted by molar-refractivity contribution is 5.20. The molecule has 0 saturated heterocycles. The smallest absolute Gasteiger partial charge is 0.129 e. The van der Waals surface area contributed by atoms with E-state index in [1.807, 2.05) is 42.5 Å². The molecule has 4 nitrogen and oxygen atoms in total. The average Bonchev–Trinajstić information content (AvgIpc) is 2.94. The third-order valence-electron chi connectivity index (χ3n) is 2.75. The van der Waals surface area contributed by atoms with Crippen LogP contribution in [0.5, 0.6) is 5.75 Å². The molecule has 4 heteroatoms. The Morgan fingerprint density at radius 3 is 2.60 bits per heavy atom. The summed E-state index contributed by atoms with van der Waals surface area (Å²) in [6.45, 7) is 5.31. The second kappa shape index (κ2) is 8.40. The van der Waals surface area contributed by atoms with Gasteiger partial charge in [0.2, 0.25) is 0 Å². The van der Waals surface area contributed by atoms with Crippen LogP contribution in [0.2, 0.25) is 0 Å². The van der Waals surface area contributed by atoms with Crippen molar-refractivity contribution < 1.29 is 13.9 Å². The molecule has 0 amide bonds. The van der Waals surface area contributed by atoms with E-state index in [1.165, 1.54) is 0 Å². The average molecular weight is 275 g/mol. The van der Waals surface area contributed by atoms with Gasteiger partial charge in [-0.05, 0) is 30.8 Å². The van der Waals surface area contributed by atoms with Gasteiger partial charge in [-0.2, -0.15) is 0 Å². The maximum atomic E-state index is 5.62. The van der Waals surface area contributed by atoms with Gasteiger partial charge in [0.25, 0.3) is 0 Å². The van der Waals surface area contributed by atoms with Crippen LogP contribution in [0, 0.1) is 0 Å². The van der Waals surface area contributed by atoms with Crippen LogP contribution in [0.25, 0.3) is 0 Å². The minimum Gasteiger partial charge on any atom is -0.491 e. The zero-order chi connectivity index (χ0) is 14.0. The van der Waals surface area contributed by atoms with Crippen LogP contribution in [0.15, 0.2) is 46.9 Å². The molecule has 20 heavy (non-hydrogen) atoms. The number of rotatable bonds is 9. The molecule has 0 saturated carbocycles. The molecule has 1 aromatic carbocycles. The van der Waals surface area contributed by atoms with E-state index in [1.54, 1.807) is 0 Å². The maximum absolute atomic E-state index is 5.62. The molecule has 0 fully saturated rings. The first-order chi connectivity index (χ1) is 9.88. The Kier molecular flexibility index (Phi) is 6.14. The Balaban J connectivity index is 1.60. The zero-order valence-corrected chi connectivity index (χ0v) is 11.8. The van der Waals surface area contributed by atoms with E-state index >= 15 is 0 Å². The quantitative estimate of drug-likeness (QED) is 0.714. The van der Waals surface area contributed by atoms with Gasteiger partial charge in [-0.25, -0.2) is 0 Å². The summed E-state index contributed by atoms with van der Waals surface area (Å²) >= 11 is 0. The molecule has 0 atom stereocenters. The number of ether oxygens (including phenoxy) is 2. The van der Waals surface area contributed by atoms with Crippen LogP contribution < -0.4 is 10.1 Å². The largest absolute Gasteiger partial charge is 0.491 e. The number of benzene rings is 1. The van der Waals surface area contributed by atoms with Gasteiger partial charge in [0.1, 0.15) is 30.5 Å². The second-order valence-electron chi connectivity index (χ2n) is 4.36. The number of hydrogen-bond donors (Lipinski definition) is 1. The summed E-state index contributed by atoms with van der Waals surface area (Å²) < 4.78 is 16.7. The third kappa shape index (κ3) is 5.07. The summed E-state index contributed by atoms with van der Waals surface area (Å²) in [7, 11) is 0. The van der Waals surface area contributed by atoms with Crippen molar-refractivity contribution in [2.75, 3.05) is 19.8 Å². The number of nitrogens with one attached hydrogen (secondary N) is 1. The molecule has 1 heterocycles. The molecule has 0 radical (unpaired) electrons. The van der Waals surface area contributed by atoms with E-state index in [4.69, 9.17) is 13.9 Å². The van der Waals surface area contributed by atoms with Crippen molar-refractivity contribution in [3.05, 3.63) is 54.0 Å². The fraction of sp³-hybridized carbons (Fsp3) is 0.375. The summed E-state index contributed by atoms with van der Waals surface area (Å²) in [6.07, 6.45) is 0. The summed E-state index contributed by atoms with van der Waals surface area (Å²) in [5.41, 5.74) is 0. The molecule has 1 aromatic heterocycles. The van der Waals surface area contributed by atoms with E-state index in [2.05, 4.69) is 12.2 Å². The molecule has 0 spiro atoms. The van der Waals surface area contributed by atoms with E-state index in [0.717, 1.165) is 30.4 Å². The first-order valence-corrected chi connectivity index (χ1v) is 6.92. The number of para-hydroxylation sites is 1. The summed E-state index contributed by atoms with van der Waals surface area (Å²) in [6, 6.07) is 13.6. The van der Waals surface area contributed by atoms with Crippen molar-refractivity contribution in [1.82, 2.24) is 5.32 Å². The highest BCUT2D eigenvalue weighted by atomic mass is 16.5. The van der Waals surface area contributed by atoms with E-state index in [-0.39, 0.29) is 0 Å². The molecule has 0 bridgehead atoms. The minimum absolute atomic E-state index is 0.476. The van der Waals surface area contributed by atoms with Crippen molar-refractivity contribution >= 4 is 0 Å². The predicted octanol–water partition coefficient (Wildman–Crippen LogP) is 2.98. The van der Waals surface area contributed by atoms with Gasteiger partial charge >= 0.3 is 0 Å². The Hall–Kier alpha value is -1.78. The van der Waals surface area contributed by atoms with Crippen LogP contribution in [-0.2, 0) is 17.9 Å². The third-order valence-corrected chi connectivity index (χ3v) is 2.75. The molecule has 2 rings (SSSR count). The van der Waals surface area contributed by atoms with Gasteiger partial charge in [0.15, 0.2) is 0 Å². The summed E-state index contributed by atoms with van der Waals surface area (Å²) in [5, 5.41) is 3.22. The van der Waals surface area contributed by atoms with Crippen LogP contribution in [0.1, 0.15) is 18.4 Å². The lowest BCUT2D eigenvalue weighted by molar-refractivity contribution is 0.0774. The number of furan rings is 1. The second-order valence-corrected chi connectivity index (χ2v) is 4.36. The van der Waals surface area contributed by atoms with Crippen LogP contribution in [0.3, 0.4) is 0 Å². The standard InChI is InChI=1S/C16H21NO3/c1-2-17-12-15-8-9-16(20-15)13-18-10-11-19-14-6-4-3-5-7-14/h3-9,17H,2,10-13H2,1H3. The molecule has 0 aliphatic rings. The van der Waals surface area contributed by atoms with Crippen molar-refractivity contribution in [3.8, 4) is 5.75 Å². The lowest BCUT2D eigenvalue weighted by atomic mass is 10.3. The van der Waals surface area contributed by atoms with Gasteiger partial charge in [-0.1, -0.05) is 25.1 Å². The molecule has 2 aromatic rings. The van der Waals surface area contributed by atoms with Crippen LogP contribution >= 0.6 is 0 Å². The van der Waals surface area contributed by atoms with Crippen molar-refractivity contribution in [2.45, 2.75) is 20.1 Å². The normalized spacial score (nSPS) is 10.7. The van der Waals surface area contributed by atoms with Crippen molar-refractivity contribution in [2.24, 2.45) is 0 Å². The highest BCUT2D eigenvalue weighted by Crippen LogP contribution is 2.10. The van der Waals surface area contributed by atoms with Crippen molar-refractivity contribution in [3.63, 3.8) is 0 Å². The monoisotopic (exact) mass is 275 g/mol. The van der Waals surface area contributed by atoms with Gasteiger partial charge in [0.05, 0.1) is 13.2 Å². The van der Waals surface area contributed by atoms with E-state index in [0.29, 0.717) is 19.8 Å². The Morgan fingerprint density at radius 1 is 1.00 bits per heavy atom. The summed E-state index contributed by atoms with van der Waals surface area (Å²) in [5.74, 6) is 2.64. The summed E-state index contributed by atoms with van der Waals surface area (Å²) in [4.78, 5) is 0. The maximum Gasteiger partial charge on any atom is 0.129 e. The SMILES string of the molecule is CCNCc1ccc(COCCOc2ccccc2)o1. The lowest BCUT2D eigenvalue weighted by Gasteiger charge is -2.06.